The molecule has 0 bridgehead atoms. The number of carbonyl (C=O) groups excluding carboxylic acids is 1. The van der Waals surface area contributed by atoms with Crippen molar-refractivity contribution in [1.29, 1.82) is 0 Å². The van der Waals surface area contributed by atoms with E-state index in [1.54, 1.807) is 7.11 Å². The summed E-state index contributed by atoms with van der Waals surface area (Å²) in [5.41, 5.74) is 0. The lowest BCUT2D eigenvalue weighted by Crippen LogP contribution is -2.45. The van der Waals surface area contributed by atoms with Crippen LogP contribution in [0.1, 0.15) is 39.5 Å². The van der Waals surface area contributed by atoms with Crippen LogP contribution in [0.15, 0.2) is 4.99 Å². The Hall–Kier alpha value is -0.610. The molecule has 2 heterocycles. The van der Waals surface area contributed by atoms with Crippen LogP contribution in [0.2, 0.25) is 0 Å². The summed E-state index contributed by atoms with van der Waals surface area (Å²) < 4.78 is 5.21. The van der Waals surface area contributed by atoms with Crippen LogP contribution >= 0.6 is 24.0 Å². The van der Waals surface area contributed by atoms with Crippen LogP contribution in [-0.4, -0.2) is 86.7 Å². The Morgan fingerprint density at radius 3 is 2.77 bits per heavy atom. The second-order valence-electron chi connectivity index (χ2n) is 6.87. The number of carbonyl (C=O) groups is 1. The van der Waals surface area contributed by atoms with E-state index in [2.05, 4.69) is 22.5 Å². The highest BCUT2D eigenvalue weighted by Gasteiger charge is 2.27. The minimum absolute atomic E-state index is 0. The lowest BCUT2D eigenvalue weighted by atomic mass is 10.2. The van der Waals surface area contributed by atoms with Crippen molar-refractivity contribution in [3.8, 4) is 0 Å². The smallest absolute Gasteiger partial charge is 0.222 e. The molecule has 0 aromatic heterocycles. The summed E-state index contributed by atoms with van der Waals surface area (Å²) in [6.45, 7) is 10.2. The number of rotatable bonds is 8. The number of nitrogens with one attached hydrogen (secondary N) is 2. The topological polar surface area (TPSA) is 69.2 Å². The van der Waals surface area contributed by atoms with Gasteiger partial charge in [0.1, 0.15) is 0 Å². The number of likely N-dealkylation sites (tertiary alicyclic amines) is 2. The van der Waals surface area contributed by atoms with Gasteiger partial charge in [0.05, 0.1) is 13.2 Å². The Labute approximate surface area is 175 Å². The Morgan fingerprint density at radius 1 is 1.27 bits per heavy atom. The molecule has 2 rings (SSSR count). The highest BCUT2D eigenvalue weighted by molar-refractivity contribution is 14.0. The second kappa shape index (κ2) is 12.7. The van der Waals surface area contributed by atoms with E-state index in [-0.39, 0.29) is 29.9 Å². The minimum Gasteiger partial charge on any atom is -0.383 e. The first kappa shape index (κ1) is 23.4. The van der Waals surface area contributed by atoms with Crippen molar-refractivity contribution in [3.05, 3.63) is 0 Å². The molecule has 2 aliphatic heterocycles. The maximum absolute atomic E-state index is 11.8. The molecule has 1 amide bonds. The summed E-state index contributed by atoms with van der Waals surface area (Å²) in [5.74, 6) is 1.11. The number of methoxy groups -OCH3 is 1. The van der Waals surface area contributed by atoms with E-state index in [1.807, 2.05) is 11.8 Å². The standard InChI is InChI=1S/C18H35N5O2.HI/c1-4-17(24)23-10-8-15(14-23)21-18(19-5-2)20-13-16-7-6-9-22(16)11-12-25-3;/h15-16H,4-14H2,1-3H3,(H2,19,20,21);1H. The van der Waals surface area contributed by atoms with E-state index >= 15 is 0 Å². The summed E-state index contributed by atoms with van der Waals surface area (Å²) in [5, 5.41) is 6.85. The first-order valence-electron chi connectivity index (χ1n) is 9.73. The summed E-state index contributed by atoms with van der Waals surface area (Å²) in [4.78, 5) is 21.1. The predicted octanol–water partition coefficient (Wildman–Crippen LogP) is 1.28. The van der Waals surface area contributed by atoms with Gasteiger partial charge in [-0.15, -0.1) is 24.0 Å². The third-order valence-corrected chi connectivity index (χ3v) is 5.07. The van der Waals surface area contributed by atoms with Crippen molar-refractivity contribution >= 4 is 35.8 Å². The molecule has 26 heavy (non-hydrogen) atoms. The molecule has 2 N–H and O–H groups in total. The SMILES string of the molecule is CCNC(=NCC1CCCN1CCOC)NC1CCN(C(=O)CC)C1.I. The normalized spacial score (nSPS) is 23.8. The molecule has 0 aliphatic carbocycles. The maximum atomic E-state index is 11.8. The average molecular weight is 481 g/mol. The molecule has 0 aromatic rings. The molecular formula is C18H36IN5O2. The van der Waals surface area contributed by atoms with Crippen molar-refractivity contribution < 1.29 is 9.53 Å². The van der Waals surface area contributed by atoms with E-state index in [9.17, 15) is 4.79 Å². The fourth-order valence-corrected chi connectivity index (χ4v) is 3.64. The molecule has 2 aliphatic rings. The molecule has 0 radical (unpaired) electrons. The molecule has 2 fully saturated rings. The Bertz CT molecular complexity index is 449. The van der Waals surface area contributed by atoms with Gasteiger partial charge in [-0.25, -0.2) is 0 Å². The lowest BCUT2D eigenvalue weighted by molar-refractivity contribution is -0.129. The van der Waals surface area contributed by atoms with Gasteiger partial charge in [-0.05, 0) is 32.7 Å². The van der Waals surface area contributed by atoms with Gasteiger partial charge in [0.2, 0.25) is 5.91 Å². The quantitative estimate of drug-likeness (QED) is 0.311. The number of hydrogen-bond acceptors (Lipinski definition) is 4. The van der Waals surface area contributed by atoms with Crippen LogP contribution in [0.4, 0.5) is 0 Å². The van der Waals surface area contributed by atoms with Gasteiger partial charge in [-0.2, -0.15) is 0 Å². The summed E-state index contributed by atoms with van der Waals surface area (Å²) in [7, 11) is 1.75. The van der Waals surface area contributed by atoms with Crippen molar-refractivity contribution in [3.63, 3.8) is 0 Å². The molecule has 152 valence electrons. The molecule has 2 unspecified atom stereocenters. The van der Waals surface area contributed by atoms with Gasteiger partial charge in [0, 0.05) is 51.8 Å². The second-order valence-corrected chi connectivity index (χ2v) is 6.87. The predicted molar refractivity (Wildman–Crippen MR) is 116 cm³/mol. The van der Waals surface area contributed by atoms with Gasteiger partial charge in [-0.3, -0.25) is 14.7 Å². The number of ether oxygens (including phenoxy) is 1. The molecule has 0 aromatic carbocycles. The Balaban J connectivity index is 0.00000338. The first-order chi connectivity index (χ1) is 12.2. The van der Waals surface area contributed by atoms with Crippen molar-refractivity contribution in [2.45, 2.75) is 51.6 Å². The fraction of sp³-hybridized carbons (Fsp3) is 0.889. The Morgan fingerprint density at radius 2 is 2.08 bits per heavy atom. The molecular weight excluding hydrogens is 445 g/mol. The van der Waals surface area contributed by atoms with Crippen LogP contribution in [0.5, 0.6) is 0 Å². The van der Waals surface area contributed by atoms with Gasteiger partial charge < -0.3 is 20.3 Å². The monoisotopic (exact) mass is 481 g/mol. The van der Waals surface area contributed by atoms with Gasteiger partial charge in [0.15, 0.2) is 5.96 Å². The van der Waals surface area contributed by atoms with Crippen LogP contribution < -0.4 is 10.6 Å². The van der Waals surface area contributed by atoms with E-state index in [4.69, 9.17) is 9.73 Å². The van der Waals surface area contributed by atoms with Crippen molar-refractivity contribution in [1.82, 2.24) is 20.4 Å². The summed E-state index contributed by atoms with van der Waals surface area (Å²) >= 11 is 0. The number of halogens is 1. The van der Waals surface area contributed by atoms with E-state index in [0.29, 0.717) is 18.5 Å². The zero-order chi connectivity index (χ0) is 18.1. The van der Waals surface area contributed by atoms with Crippen molar-refractivity contribution in [2.24, 2.45) is 4.99 Å². The molecule has 0 spiro atoms. The number of hydrogen-bond donors (Lipinski definition) is 2. The average Bonchev–Trinajstić information content (AvgIpc) is 3.26. The number of nitrogens with zero attached hydrogens (tertiary/aromatic N) is 3. The largest absolute Gasteiger partial charge is 0.383 e. The van der Waals surface area contributed by atoms with Gasteiger partial charge in [-0.1, -0.05) is 6.92 Å². The molecule has 0 saturated carbocycles. The van der Waals surface area contributed by atoms with Gasteiger partial charge in [0.25, 0.3) is 0 Å². The van der Waals surface area contributed by atoms with Crippen LogP contribution in [-0.2, 0) is 9.53 Å². The number of aliphatic imine (C=N–C) groups is 1. The summed E-state index contributed by atoms with van der Waals surface area (Å²) in [6, 6.07) is 0.800. The Kier molecular flexibility index (Phi) is 11.5. The first-order valence-corrected chi connectivity index (χ1v) is 9.73. The number of amides is 1. The molecule has 8 heteroatoms. The van der Waals surface area contributed by atoms with E-state index < -0.39 is 0 Å². The zero-order valence-electron chi connectivity index (χ0n) is 16.5. The number of guanidine groups is 1. The minimum atomic E-state index is 0. The molecule has 7 nitrogen and oxygen atoms in total. The zero-order valence-corrected chi connectivity index (χ0v) is 18.8. The summed E-state index contributed by atoms with van der Waals surface area (Å²) in [6.07, 6.45) is 4.01. The molecule has 2 atom stereocenters. The third kappa shape index (κ3) is 7.19. The maximum Gasteiger partial charge on any atom is 0.222 e. The highest BCUT2D eigenvalue weighted by atomic mass is 127. The van der Waals surface area contributed by atoms with Crippen LogP contribution in [0.3, 0.4) is 0 Å². The van der Waals surface area contributed by atoms with Crippen LogP contribution in [0, 0.1) is 0 Å². The lowest BCUT2D eigenvalue weighted by Gasteiger charge is -2.23. The van der Waals surface area contributed by atoms with E-state index in [1.165, 1.54) is 12.8 Å². The fourth-order valence-electron chi connectivity index (χ4n) is 3.64. The third-order valence-electron chi connectivity index (χ3n) is 5.07. The van der Waals surface area contributed by atoms with Crippen LogP contribution in [0.25, 0.3) is 0 Å². The molecule has 2 saturated heterocycles. The van der Waals surface area contributed by atoms with Gasteiger partial charge >= 0.3 is 0 Å². The van der Waals surface area contributed by atoms with Crippen molar-refractivity contribution in [2.75, 3.05) is 53.0 Å². The van der Waals surface area contributed by atoms with E-state index in [0.717, 1.165) is 58.3 Å². The highest BCUT2D eigenvalue weighted by Crippen LogP contribution is 2.17.